The SMILES string of the molecule is CC(C)(C)OC(=O)N1CCC(c2nc(Cc3cccc(F)c3)n[nH]2)CC1. The maximum atomic E-state index is 13.3. The largest absolute Gasteiger partial charge is 0.444 e. The van der Waals surface area contributed by atoms with Crippen LogP contribution < -0.4 is 0 Å². The highest BCUT2D eigenvalue weighted by Gasteiger charge is 2.28. The van der Waals surface area contributed by atoms with E-state index in [9.17, 15) is 9.18 Å². The first kappa shape index (κ1) is 18.4. The van der Waals surface area contributed by atoms with E-state index in [0.29, 0.717) is 25.3 Å². The second-order valence-electron chi connectivity index (χ2n) is 7.69. The van der Waals surface area contributed by atoms with Gasteiger partial charge in [0, 0.05) is 25.4 Å². The summed E-state index contributed by atoms with van der Waals surface area (Å²) in [5.41, 5.74) is 0.361. The first-order chi connectivity index (χ1) is 12.3. The molecule has 1 aromatic heterocycles. The predicted molar refractivity (Wildman–Crippen MR) is 95.4 cm³/mol. The molecule has 0 unspecified atom stereocenters. The Labute approximate surface area is 152 Å². The lowest BCUT2D eigenvalue weighted by Gasteiger charge is -2.32. The summed E-state index contributed by atoms with van der Waals surface area (Å²) < 4.78 is 18.7. The van der Waals surface area contributed by atoms with Gasteiger partial charge in [-0.2, -0.15) is 5.10 Å². The minimum absolute atomic E-state index is 0.238. The van der Waals surface area contributed by atoms with Gasteiger partial charge in [-0.1, -0.05) is 12.1 Å². The highest BCUT2D eigenvalue weighted by atomic mass is 19.1. The van der Waals surface area contributed by atoms with Gasteiger partial charge >= 0.3 is 6.09 Å². The van der Waals surface area contributed by atoms with Crippen LogP contribution in [0.25, 0.3) is 0 Å². The van der Waals surface area contributed by atoms with Crippen molar-refractivity contribution in [1.82, 2.24) is 20.1 Å². The van der Waals surface area contributed by atoms with E-state index in [-0.39, 0.29) is 17.8 Å². The van der Waals surface area contributed by atoms with Crippen LogP contribution in [0.15, 0.2) is 24.3 Å². The summed E-state index contributed by atoms with van der Waals surface area (Å²) in [6.45, 7) is 6.88. The van der Waals surface area contributed by atoms with Crippen LogP contribution in [0.4, 0.5) is 9.18 Å². The molecule has 2 heterocycles. The van der Waals surface area contributed by atoms with E-state index in [0.717, 1.165) is 24.2 Å². The number of halogens is 1. The monoisotopic (exact) mass is 360 g/mol. The van der Waals surface area contributed by atoms with Crippen molar-refractivity contribution in [2.75, 3.05) is 13.1 Å². The minimum atomic E-state index is -0.481. The minimum Gasteiger partial charge on any atom is -0.444 e. The summed E-state index contributed by atoms with van der Waals surface area (Å²) >= 11 is 0. The van der Waals surface area contributed by atoms with Crippen LogP contribution in [-0.2, 0) is 11.2 Å². The molecule has 1 aliphatic heterocycles. The summed E-state index contributed by atoms with van der Waals surface area (Å²) in [5.74, 6) is 1.47. The molecule has 3 rings (SSSR count). The number of nitrogens with zero attached hydrogens (tertiary/aromatic N) is 3. The summed E-state index contributed by atoms with van der Waals surface area (Å²) in [4.78, 5) is 18.4. The number of H-pyrrole nitrogens is 1. The van der Waals surface area contributed by atoms with E-state index in [1.807, 2.05) is 26.8 Å². The Kier molecular flexibility index (Phi) is 5.25. The predicted octanol–water partition coefficient (Wildman–Crippen LogP) is 3.65. The number of likely N-dealkylation sites (tertiary alicyclic amines) is 1. The lowest BCUT2D eigenvalue weighted by atomic mass is 9.96. The molecule has 1 aromatic carbocycles. The average Bonchev–Trinajstić information content (AvgIpc) is 3.02. The van der Waals surface area contributed by atoms with Crippen molar-refractivity contribution in [2.24, 2.45) is 0 Å². The molecule has 0 saturated carbocycles. The van der Waals surface area contributed by atoms with Crippen LogP contribution in [0.5, 0.6) is 0 Å². The molecule has 2 aromatic rings. The molecule has 1 amide bonds. The van der Waals surface area contributed by atoms with Crippen molar-refractivity contribution in [3.05, 3.63) is 47.3 Å². The number of ether oxygens (including phenoxy) is 1. The van der Waals surface area contributed by atoms with Gasteiger partial charge < -0.3 is 9.64 Å². The Hall–Kier alpha value is -2.44. The van der Waals surface area contributed by atoms with Gasteiger partial charge in [0.25, 0.3) is 0 Å². The molecular formula is C19H25FN4O2. The summed E-state index contributed by atoms with van der Waals surface area (Å²) in [7, 11) is 0. The highest BCUT2D eigenvalue weighted by molar-refractivity contribution is 5.68. The van der Waals surface area contributed by atoms with E-state index >= 15 is 0 Å². The molecule has 0 atom stereocenters. The number of benzene rings is 1. The quantitative estimate of drug-likeness (QED) is 0.907. The molecule has 1 N–H and O–H groups in total. The van der Waals surface area contributed by atoms with Crippen molar-refractivity contribution in [3.8, 4) is 0 Å². The molecule has 0 bridgehead atoms. The van der Waals surface area contributed by atoms with Crippen molar-refractivity contribution >= 4 is 6.09 Å². The van der Waals surface area contributed by atoms with E-state index in [2.05, 4.69) is 15.2 Å². The van der Waals surface area contributed by atoms with Crippen LogP contribution in [0.1, 0.15) is 56.7 Å². The molecule has 0 spiro atoms. The van der Waals surface area contributed by atoms with Gasteiger partial charge in [-0.05, 0) is 51.3 Å². The van der Waals surface area contributed by atoms with Crippen molar-refractivity contribution in [3.63, 3.8) is 0 Å². The van der Waals surface area contributed by atoms with Crippen LogP contribution in [-0.4, -0.2) is 44.9 Å². The fraction of sp³-hybridized carbons (Fsp3) is 0.526. The maximum absolute atomic E-state index is 13.3. The number of amides is 1. The smallest absolute Gasteiger partial charge is 0.410 e. The molecule has 1 aliphatic rings. The standard InChI is InChI=1S/C19H25FN4O2/c1-19(2,3)26-18(25)24-9-7-14(8-10-24)17-21-16(22-23-17)12-13-5-4-6-15(20)11-13/h4-6,11,14H,7-10,12H2,1-3H3,(H,21,22,23). The summed E-state index contributed by atoms with van der Waals surface area (Å²) in [6.07, 6.45) is 1.85. The normalized spacial score (nSPS) is 15.9. The van der Waals surface area contributed by atoms with E-state index in [1.54, 1.807) is 11.0 Å². The molecule has 0 aliphatic carbocycles. The van der Waals surface area contributed by atoms with Gasteiger partial charge in [0.1, 0.15) is 17.2 Å². The van der Waals surface area contributed by atoms with Crippen molar-refractivity contribution < 1.29 is 13.9 Å². The van der Waals surface area contributed by atoms with E-state index < -0.39 is 5.60 Å². The van der Waals surface area contributed by atoms with Crippen LogP contribution in [0.2, 0.25) is 0 Å². The zero-order valence-electron chi connectivity index (χ0n) is 15.5. The Balaban J connectivity index is 1.55. The van der Waals surface area contributed by atoms with E-state index in [1.165, 1.54) is 12.1 Å². The highest BCUT2D eigenvalue weighted by Crippen LogP contribution is 2.26. The van der Waals surface area contributed by atoms with E-state index in [4.69, 9.17) is 4.74 Å². The third-order valence-electron chi connectivity index (χ3n) is 4.33. The third kappa shape index (κ3) is 4.80. The van der Waals surface area contributed by atoms with Gasteiger partial charge in [-0.3, -0.25) is 5.10 Å². The van der Waals surface area contributed by atoms with Crippen molar-refractivity contribution in [2.45, 2.75) is 51.6 Å². The lowest BCUT2D eigenvalue weighted by Crippen LogP contribution is -2.41. The summed E-state index contributed by atoms with van der Waals surface area (Å²) in [6, 6.07) is 6.46. The van der Waals surface area contributed by atoms with Crippen LogP contribution in [0.3, 0.4) is 0 Å². The first-order valence-corrected chi connectivity index (χ1v) is 8.94. The molecule has 7 heteroatoms. The second kappa shape index (κ2) is 7.43. The summed E-state index contributed by atoms with van der Waals surface area (Å²) in [5, 5.41) is 7.26. The number of hydrogen-bond acceptors (Lipinski definition) is 4. The topological polar surface area (TPSA) is 71.1 Å². The van der Waals surface area contributed by atoms with Gasteiger partial charge in [0.2, 0.25) is 0 Å². The molecule has 26 heavy (non-hydrogen) atoms. The molecule has 1 fully saturated rings. The molecule has 6 nitrogen and oxygen atoms in total. The molecule has 140 valence electrons. The number of hydrogen-bond donors (Lipinski definition) is 1. The molecule has 0 radical (unpaired) electrons. The van der Waals surface area contributed by atoms with Crippen molar-refractivity contribution in [1.29, 1.82) is 0 Å². The first-order valence-electron chi connectivity index (χ1n) is 8.94. The van der Waals surface area contributed by atoms with Gasteiger partial charge in [-0.25, -0.2) is 14.2 Å². The lowest BCUT2D eigenvalue weighted by molar-refractivity contribution is 0.0203. The third-order valence-corrected chi connectivity index (χ3v) is 4.33. The number of carbonyl (C=O) groups is 1. The zero-order valence-corrected chi connectivity index (χ0v) is 15.5. The van der Waals surface area contributed by atoms with Gasteiger partial charge in [0.15, 0.2) is 5.82 Å². The molecular weight excluding hydrogens is 335 g/mol. The number of carbonyl (C=O) groups excluding carboxylic acids is 1. The van der Waals surface area contributed by atoms with Gasteiger partial charge in [0.05, 0.1) is 0 Å². The number of nitrogens with one attached hydrogen (secondary N) is 1. The fourth-order valence-electron chi connectivity index (χ4n) is 3.06. The van der Waals surface area contributed by atoms with Gasteiger partial charge in [-0.15, -0.1) is 0 Å². The Morgan fingerprint density at radius 3 is 2.73 bits per heavy atom. The van der Waals surface area contributed by atoms with Crippen LogP contribution >= 0.6 is 0 Å². The Morgan fingerprint density at radius 2 is 2.08 bits per heavy atom. The van der Waals surface area contributed by atoms with Crippen LogP contribution in [0, 0.1) is 5.82 Å². The Morgan fingerprint density at radius 1 is 1.35 bits per heavy atom. The average molecular weight is 360 g/mol. The number of rotatable bonds is 3. The fourth-order valence-corrected chi connectivity index (χ4v) is 3.06. The zero-order chi connectivity index (χ0) is 18.7. The number of aromatic nitrogens is 3. The maximum Gasteiger partial charge on any atom is 0.410 e. The Bertz CT molecular complexity index is 761. The number of aromatic amines is 1. The number of piperidine rings is 1. The second-order valence-corrected chi connectivity index (χ2v) is 7.69. The molecule has 1 saturated heterocycles.